The zero-order chi connectivity index (χ0) is 16.3. The van der Waals surface area contributed by atoms with Gasteiger partial charge in [-0.1, -0.05) is 19.4 Å². The maximum absolute atomic E-state index is 11.9. The molecule has 0 heterocycles. The molecule has 0 bridgehead atoms. The molecule has 0 aromatic carbocycles. The van der Waals surface area contributed by atoms with E-state index in [1.165, 1.54) is 31.3 Å². The van der Waals surface area contributed by atoms with Crippen molar-refractivity contribution in [3.8, 4) is 0 Å². The highest BCUT2D eigenvalue weighted by atomic mass is 16.3. The lowest BCUT2D eigenvalue weighted by molar-refractivity contribution is -0.145. The predicted molar refractivity (Wildman–Crippen MR) is 89.8 cm³/mol. The standard InChI is InChI=1S/C21H30O2/c1-18-8-6-15(22)10-13(18)4-5-17-16(18)7-9-19(2)20(3,23)11-14-12-21(14,17)19/h10,14,16-17,23H,4-9,11-12H2,1-3H3/t14-,16-,17+,18-,19+,20+,21+/m0/s1. The van der Waals surface area contributed by atoms with Crippen LogP contribution < -0.4 is 0 Å². The van der Waals surface area contributed by atoms with Crippen LogP contribution in [-0.2, 0) is 4.79 Å². The van der Waals surface area contributed by atoms with Crippen LogP contribution >= 0.6 is 0 Å². The molecule has 5 aliphatic rings. The first-order valence-corrected chi connectivity index (χ1v) is 9.71. The van der Waals surface area contributed by atoms with E-state index in [1.807, 2.05) is 6.08 Å². The number of allylic oxidation sites excluding steroid dienone is 1. The van der Waals surface area contributed by atoms with E-state index in [-0.39, 0.29) is 10.8 Å². The van der Waals surface area contributed by atoms with Crippen molar-refractivity contribution in [1.82, 2.24) is 0 Å². The van der Waals surface area contributed by atoms with E-state index in [1.54, 1.807) is 0 Å². The maximum atomic E-state index is 11.9. The molecule has 7 atom stereocenters. The maximum Gasteiger partial charge on any atom is 0.155 e. The summed E-state index contributed by atoms with van der Waals surface area (Å²) in [4.78, 5) is 11.9. The number of hydrogen-bond donors (Lipinski definition) is 1. The fourth-order valence-electron chi connectivity index (χ4n) is 8.14. The molecule has 5 aliphatic carbocycles. The highest BCUT2D eigenvalue weighted by molar-refractivity contribution is 5.91. The fourth-order valence-corrected chi connectivity index (χ4v) is 8.14. The smallest absolute Gasteiger partial charge is 0.155 e. The molecule has 23 heavy (non-hydrogen) atoms. The third kappa shape index (κ3) is 1.45. The van der Waals surface area contributed by atoms with Crippen LogP contribution in [0.2, 0.25) is 0 Å². The number of carbonyl (C=O) groups excluding carboxylic acids is 1. The van der Waals surface area contributed by atoms with Crippen molar-refractivity contribution in [2.24, 2.45) is 34.0 Å². The van der Waals surface area contributed by atoms with E-state index in [0.717, 1.165) is 43.4 Å². The summed E-state index contributed by atoms with van der Waals surface area (Å²) >= 11 is 0. The Hall–Kier alpha value is -0.630. The molecule has 0 aliphatic heterocycles. The van der Waals surface area contributed by atoms with Crippen molar-refractivity contribution in [3.05, 3.63) is 11.6 Å². The highest BCUT2D eigenvalue weighted by Crippen LogP contribution is 2.84. The second kappa shape index (κ2) is 3.95. The molecule has 4 fully saturated rings. The third-order valence-corrected chi connectivity index (χ3v) is 9.62. The van der Waals surface area contributed by atoms with Gasteiger partial charge in [-0.05, 0) is 86.5 Å². The Bertz CT molecular complexity index is 632. The number of carbonyl (C=O) groups is 1. The minimum absolute atomic E-state index is 0.119. The molecular formula is C21H30O2. The van der Waals surface area contributed by atoms with Crippen molar-refractivity contribution in [2.75, 3.05) is 0 Å². The average Bonchev–Trinajstić information content (AvgIpc) is 3.13. The number of fused-ring (bicyclic) bond motifs is 3. The van der Waals surface area contributed by atoms with E-state index in [4.69, 9.17) is 0 Å². The minimum Gasteiger partial charge on any atom is -0.390 e. The lowest BCUT2D eigenvalue weighted by Crippen LogP contribution is -2.56. The van der Waals surface area contributed by atoms with Gasteiger partial charge in [0.05, 0.1) is 5.60 Å². The molecule has 0 radical (unpaired) electrons. The van der Waals surface area contributed by atoms with Crippen LogP contribution in [0.25, 0.3) is 0 Å². The van der Waals surface area contributed by atoms with Crippen molar-refractivity contribution in [3.63, 3.8) is 0 Å². The molecule has 0 amide bonds. The molecule has 0 unspecified atom stereocenters. The largest absolute Gasteiger partial charge is 0.390 e. The predicted octanol–water partition coefficient (Wildman–Crippen LogP) is 4.27. The molecule has 5 rings (SSSR count). The van der Waals surface area contributed by atoms with Crippen LogP contribution in [0.3, 0.4) is 0 Å². The molecular weight excluding hydrogens is 284 g/mol. The summed E-state index contributed by atoms with van der Waals surface area (Å²) in [7, 11) is 0. The molecule has 1 spiro atoms. The summed E-state index contributed by atoms with van der Waals surface area (Å²) in [5.74, 6) is 2.62. The van der Waals surface area contributed by atoms with Crippen LogP contribution in [0.1, 0.15) is 72.1 Å². The van der Waals surface area contributed by atoms with Crippen LogP contribution in [0.4, 0.5) is 0 Å². The van der Waals surface area contributed by atoms with Crippen LogP contribution in [0, 0.1) is 34.0 Å². The Morgan fingerprint density at radius 2 is 1.83 bits per heavy atom. The Morgan fingerprint density at radius 3 is 2.61 bits per heavy atom. The van der Waals surface area contributed by atoms with Gasteiger partial charge in [-0.3, -0.25) is 4.79 Å². The van der Waals surface area contributed by atoms with E-state index in [2.05, 4.69) is 20.8 Å². The SMILES string of the molecule is C[C@]12CC[C@H]3[C@@H](CCC4=CC(=O)CC[C@@]43C)[C@]13C[C@@H]3C[C@@]2(C)O. The van der Waals surface area contributed by atoms with Gasteiger partial charge in [0, 0.05) is 11.8 Å². The van der Waals surface area contributed by atoms with E-state index in [0.29, 0.717) is 11.2 Å². The molecule has 2 nitrogen and oxygen atoms in total. The molecule has 0 saturated heterocycles. The van der Waals surface area contributed by atoms with Crippen molar-refractivity contribution < 1.29 is 9.90 Å². The molecule has 4 saturated carbocycles. The Morgan fingerprint density at radius 1 is 1.04 bits per heavy atom. The first-order valence-electron chi connectivity index (χ1n) is 9.71. The summed E-state index contributed by atoms with van der Waals surface area (Å²) < 4.78 is 0. The number of ketones is 1. The topological polar surface area (TPSA) is 37.3 Å². The summed E-state index contributed by atoms with van der Waals surface area (Å²) in [6.07, 6.45) is 11.0. The highest BCUT2D eigenvalue weighted by Gasteiger charge is 2.80. The quantitative estimate of drug-likeness (QED) is 0.725. The van der Waals surface area contributed by atoms with Gasteiger partial charge in [0.15, 0.2) is 5.78 Å². The Labute approximate surface area is 139 Å². The van der Waals surface area contributed by atoms with Crippen LogP contribution in [-0.4, -0.2) is 16.5 Å². The van der Waals surface area contributed by atoms with Crippen LogP contribution in [0.5, 0.6) is 0 Å². The van der Waals surface area contributed by atoms with E-state index in [9.17, 15) is 9.90 Å². The molecule has 2 heteroatoms. The first-order chi connectivity index (χ1) is 10.7. The fraction of sp³-hybridized carbons (Fsp3) is 0.857. The zero-order valence-electron chi connectivity index (χ0n) is 14.8. The Kier molecular flexibility index (Phi) is 2.52. The van der Waals surface area contributed by atoms with Gasteiger partial charge in [-0.25, -0.2) is 0 Å². The van der Waals surface area contributed by atoms with Crippen molar-refractivity contribution >= 4 is 5.78 Å². The van der Waals surface area contributed by atoms with E-state index >= 15 is 0 Å². The van der Waals surface area contributed by atoms with Gasteiger partial charge in [-0.15, -0.1) is 0 Å². The first kappa shape index (κ1) is 14.7. The second-order valence-electron chi connectivity index (χ2n) is 10.1. The van der Waals surface area contributed by atoms with Gasteiger partial charge in [0.2, 0.25) is 0 Å². The van der Waals surface area contributed by atoms with Gasteiger partial charge >= 0.3 is 0 Å². The zero-order valence-corrected chi connectivity index (χ0v) is 14.8. The summed E-state index contributed by atoms with van der Waals surface area (Å²) in [6.45, 7) is 6.95. The second-order valence-corrected chi connectivity index (χ2v) is 10.1. The monoisotopic (exact) mass is 314 g/mol. The average molecular weight is 314 g/mol. The summed E-state index contributed by atoms with van der Waals surface area (Å²) in [6, 6.07) is 0. The molecule has 0 aromatic heterocycles. The number of aliphatic hydroxyl groups is 1. The van der Waals surface area contributed by atoms with Gasteiger partial charge in [0.25, 0.3) is 0 Å². The van der Waals surface area contributed by atoms with Crippen molar-refractivity contribution in [1.29, 1.82) is 0 Å². The Balaban J connectivity index is 1.58. The number of rotatable bonds is 0. The van der Waals surface area contributed by atoms with Gasteiger partial charge < -0.3 is 5.11 Å². The minimum atomic E-state index is -0.472. The molecule has 126 valence electrons. The normalized spacial score (nSPS) is 60.3. The van der Waals surface area contributed by atoms with E-state index < -0.39 is 5.60 Å². The lowest BCUT2D eigenvalue weighted by Gasteiger charge is -2.60. The molecule has 0 aromatic rings. The summed E-state index contributed by atoms with van der Waals surface area (Å²) in [5.41, 5.74) is 1.77. The van der Waals surface area contributed by atoms with Crippen LogP contribution in [0.15, 0.2) is 11.6 Å². The van der Waals surface area contributed by atoms with Gasteiger partial charge in [-0.2, -0.15) is 0 Å². The van der Waals surface area contributed by atoms with Gasteiger partial charge in [0.1, 0.15) is 0 Å². The van der Waals surface area contributed by atoms with Crippen molar-refractivity contribution in [2.45, 2.75) is 77.7 Å². The molecule has 1 N–H and O–H groups in total. The third-order valence-electron chi connectivity index (χ3n) is 9.62. The summed E-state index contributed by atoms with van der Waals surface area (Å²) in [5, 5.41) is 11.1. The number of hydrogen-bond acceptors (Lipinski definition) is 2. The lowest BCUT2D eigenvalue weighted by atomic mass is 9.44.